The molecular formula is C45H72BF3O11SSi2. The summed E-state index contributed by atoms with van der Waals surface area (Å²) < 4.78 is 95.3. The van der Waals surface area contributed by atoms with Crippen molar-refractivity contribution < 1.29 is 63.0 Å². The molecule has 0 amide bonds. The number of hydrogen-bond acceptors (Lipinski definition) is 11. The number of benzene rings is 1. The molecule has 1 aliphatic heterocycles. The molecule has 3 aliphatic rings. The lowest BCUT2D eigenvalue weighted by Crippen LogP contribution is -2.43. The predicted molar refractivity (Wildman–Crippen MR) is 248 cm³/mol. The maximum Gasteiger partial charge on any atom is 0.624 e. The molecule has 0 spiro atoms. The summed E-state index contributed by atoms with van der Waals surface area (Å²) in [5.41, 5.74) is -3.75. The van der Waals surface area contributed by atoms with Gasteiger partial charge in [-0.1, -0.05) is 98.1 Å². The van der Waals surface area contributed by atoms with Gasteiger partial charge in [0.15, 0.2) is 16.6 Å². The third-order valence-corrected chi connectivity index (χ3v) is 21.9. The van der Waals surface area contributed by atoms with E-state index in [1.807, 2.05) is 30.2 Å². The van der Waals surface area contributed by atoms with Crippen LogP contribution in [0.1, 0.15) is 120 Å². The molecule has 0 aromatic heterocycles. The first-order valence-electron chi connectivity index (χ1n) is 21.8. The number of carbonyl (C=O) groups is 2. The number of halogens is 3. The van der Waals surface area contributed by atoms with Crippen LogP contribution in [0.4, 0.5) is 13.2 Å². The first-order chi connectivity index (χ1) is 29.0. The Morgan fingerprint density at radius 2 is 1.30 bits per heavy atom. The molecule has 11 nitrogen and oxygen atoms in total. The molecule has 0 fully saturated rings. The zero-order valence-electron chi connectivity index (χ0n) is 40.0. The van der Waals surface area contributed by atoms with E-state index in [0.717, 1.165) is 55.4 Å². The summed E-state index contributed by atoms with van der Waals surface area (Å²) in [6.07, 6.45) is 14.4. The van der Waals surface area contributed by atoms with Crippen LogP contribution in [-0.4, -0.2) is 76.0 Å². The lowest BCUT2D eigenvalue weighted by molar-refractivity contribution is -0.137. The number of fused-ring (bicyclic) bond motifs is 1. The molecule has 1 aromatic rings. The van der Waals surface area contributed by atoms with Crippen LogP contribution in [-0.2, 0) is 42.2 Å². The highest BCUT2D eigenvalue weighted by molar-refractivity contribution is 7.87. The smallest absolute Gasteiger partial charge is 0.520 e. The number of rotatable bonds is 16. The zero-order valence-corrected chi connectivity index (χ0v) is 42.8. The SMILES string of the molecule is CCCCCC(/C=C/B1Oc2ccccc2O1)O[Si](C)(C)C(C)(C)C.COC(=O)C1=C(/C=C/C(C)O[Si](C)(C)C(C)(C)C)CCC1.COC(=O)C1=C(OS(=O)(=O)C(F)(F)F)CCC1. The molecule has 0 saturated heterocycles. The fourth-order valence-electron chi connectivity index (χ4n) is 6.12. The van der Waals surface area contributed by atoms with Crippen molar-refractivity contribution in [3.8, 4) is 11.5 Å². The van der Waals surface area contributed by atoms with Crippen molar-refractivity contribution in [2.45, 2.75) is 174 Å². The van der Waals surface area contributed by atoms with E-state index in [1.165, 1.54) is 26.4 Å². The molecule has 2 aliphatic carbocycles. The van der Waals surface area contributed by atoms with Crippen molar-refractivity contribution >= 4 is 45.8 Å². The van der Waals surface area contributed by atoms with Gasteiger partial charge in [-0.15, -0.1) is 0 Å². The summed E-state index contributed by atoms with van der Waals surface area (Å²) in [5.74, 6) is 2.06. The Balaban J connectivity index is 0.000000331. The minimum absolute atomic E-state index is 0.0419. The van der Waals surface area contributed by atoms with Gasteiger partial charge >= 0.3 is 34.7 Å². The fraction of sp³-hybridized carbons (Fsp3) is 0.644. The monoisotopic (exact) mass is 944 g/mol. The minimum Gasteiger partial charge on any atom is -0.520 e. The number of para-hydroxylation sites is 2. The van der Waals surface area contributed by atoms with E-state index in [0.29, 0.717) is 6.42 Å². The number of carbonyl (C=O) groups excluding carboxylic acids is 2. The Morgan fingerprint density at radius 1 is 0.794 bits per heavy atom. The van der Waals surface area contributed by atoms with E-state index in [9.17, 15) is 31.2 Å². The van der Waals surface area contributed by atoms with Crippen molar-refractivity contribution in [2.24, 2.45) is 0 Å². The third-order valence-electron chi connectivity index (χ3n) is 11.8. The molecule has 0 radical (unpaired) electrons. The van der Waals surface area contributed by atoms with Crippen molar-refractivity contribution in [3.63, 3.8) is 0 Å². The Morgan fingerprint density at radius 3 is 1.81 bits per heavy atom. The van der Waals surface area contributed by atoms with E-state index in [1.54, 1.807) is 0 Å². The Bertz CT molecular complexity index is 1890. The molecule has 0 N–H and O–H groups in total. The van der Waals surface area contributed by atoms with Crippen LogP contribution in [0.5, 0.6) is 11.5 Å². The average Bonchev–Trinajstić information content (AvgIpc) is 3.94. The van der Waals surface area contributed by atoms with Gasteiger partial charge in [-0.05, 0) is 105 Å². The Hall–Kier alpha value is -3.32. The normalized spacial score (nSPS) is 17.1. The van der Waals surface area contributed by atoms with Gasteiger partial charge in [0.1, 0.15) is 17.3 Å². The number of methoxy groups -OCH3 is 2. The second kappa shape index (κ2) is 23.7. The lowest BCUT2D eigenvalue weighted by Gasteiger charge is -2.38. The quantitative estimate of drug-likeness (QED) is 0.0515. The molecule has 1 heterocycles. The van der Waals surface area contributed by atoms with Gasteiger partial charge in [-0.25, -0.2) is 9.59 Å². The summed E-state index contributed by atoms with van der Waals surface area (Å²) in [6, 6.07) is 7.80. The van der Waals surface area contributed by atoms with E-state index < -0.39 is 44.0 Å². The highest BCUT2D eigenvalue weighted by Gasteiger charge is 2.49. The van der Waals surface area contributed by atoms with Gasteiger partial charge in [-0.2, -0.15) is 21.6 Å². The highest BCUT2D eigenvalue weighted by Crippen LogP contribution is 2.40. The van der Waals surface area contributed by atoms with E-state index in [4.69, 9.17) is 22.9 Å². The largest absolute Gasteiger partial charge is 0.624 e. The maximum atomic E-state index is 12.0. The first-order valence-corrected chi connectivity index (χ1v) is 29.0. The van der Waals surface area contributed by atoms with E-state index in [2.05, 4.69) is 109 Å². The van der Waals surface area contributed by atoms with Gasteiger partial charge in [0.25, 0.3) is 0 Å². The molecule has 356 valence electrons. The second-order valence-corrected chi connectivity index (χ2v) is 29.9. The molecular weight excluding hydrogens is 873 g/mol. The minimum atomic E-state index is -5.72. The van der Waals surface area contributed by atoms with Crippen LogP contribution < -0.4 is 9.31 Å². The lowest BCUT2D eigenvalue weighted by atomic mass is 9.89. The first kappa shape index (κ1) is 55.8. The predicted octanol–water partition coefficient (Wildman–Crippen LogP) is 12.1. The van der Waals surface area contributed by atoms with Gasteiger partial charge in [0.05, 0.1) is 32.0 Å². The van der Waals surface area contributed by atoms with E-state index >= 15 is 0 Å². The van der Waals surface area contributed by atoms with Crippen LogP contribution in [0, 0.1) is 0 Å². The molecule has 2 atom stereocenters. The number of alkyl halides is 3. The van der Waals surface area contributed by atoms with Crippen LogP contribution in [0.15, 0.2) is 70.9 Å². The molecule has 0 saturated carbocycles. The van der Waals surface area contributed by atoms with Gasteiger partial charge in [-0.3, -0.25) is 0 Å². The summed E-state index contributed by atoms with van der Waals surface area (Å²) >= 11 is 0. The summed E-state index contributed by atoms with van der Waals surface area (Å²) in [6.45, 7) is 27.0. The Labute approximate surface area is 377 Å². The van der Waals surface area contributed by atoms with E-state index in [-0.39, 0.29) is 53.8 Å². The number of allylic oxidation sites excluding steroid dienone is 3. The molecule has 0 bridgehead atoms. The topological polar surface area (TPSA) is 133 Å². The van der Waals surface area contributed by atoms with Crippen LogP contribution in [0.25, 0.3) is 0 Å². The van der Waals surface area contributed by atoms with Crippen LogP contribution in [0.2, 0.25) is 36.3 Å². The number of esters is 2. The highest BCUT2D eigenvalue weighted by atomic mass is 32.2. The van der Waals surface area contributed by atoms with Crippen molar-refractivity contribution in [1.82, 2.24) is 0 Å². The number of unbranched alkanes of at least 4 members (excludes halogenated alkanes) is 2. The zero-order chi connectivity index (χ0) is 48.0. The van der Waals surface area contributed by atoms with Crippen LogP contribution in [0.3, 0.4) is 0 Å². The fourth-order valence-corrected chi connectivity index (χ4v) is 9.34. The van der Waals surface area contributed by atoms with Gasteiger partial charge < -0.3 is 31.8 Å². The molecule has 63 heavy (non-hydrogen) atoms. The summed E-state index contributed by atoms with van der Waals surface area (Å²) in [7, 11) is -7.14. The summed E-state index contributed by atoms with van der Waals surface area (Å²) in [4.78, 5) is 22.8. The summed E-state index contributed by atoms with van der Waals surface area (Å²) in [5, 5.41) is 0.416. The Kier molecular flexibility index (Phi) is 21.0. The molecule has 2 unspecified atom stereocenters. The third kappa shape index (κ3) is 17.2. The molecule has 1 aromatic carbocycles. The second-order valence-electron chi connectivity index (χ2n) is 18.9. The van der Waals surface area contributed by atoms with Gasteiger partial charge in [0, 0.05) is 12.0 Å². The van der Waals surface area contributed by atoms with Crippen molar-refractivity contribution in [1.29, 1.82) is 0 Å². The number of hydrogen-bond donors (Lipinski definition) is 0. The van der Waals surface area contributed by atoms with Crippen molar-refractivity contribution in [2.75, 3.05) is 14.2 Å². The average molecular weight is 945 g/mol. The van der Waals surface area contributed by atoms with Gasteiger partial charge in [0.2, 0.25) is 0 Å². The molecule has 18 heteroatoms. The maximum absolute atomic E-state index is 12.0. The molecule has 4 rings (SSSR count). The van der Waals surface area contributed by atoms with Crippen LogP contribution >= 0.6 is 0 Å². The standard InChI is InChI=1S/C20H33BO3Si.C17H30O3Si.C8H9F3O5S/c1-7-8-9-12-17(24-25(5,6)20(2,3)4)15-16-21-22-18-13-10-11-14-19(18)23-21;1-13(20-21(6,7)17(2,3)4)11-12-14-9-8-10-15(14)16(18)19-5;1-15-7(12)5-3-2-4-6(5)16-17(13,14)8(9,10)11/h10-11,13-17H,7-9,12H2,1-6H3;11-13H,8-10H2,1-7H3;2-4H2,1H3/b16-15+;12-11+;. The number of ether oxygens (including phenoxy) is 2. The van der Waals surface area contributed by atoms with Crippen molar-refractivity contribution in [3.05, 3.63) is 70.9 Å².